The van der Waals surface area contributed by atoms with Crippen molar-refractivity contribution >= 4 is 14.4 Å². The molecule has 1 rings (SSSR count). The van der Waals surface area contributed by atoms with E-state index in [1.165, 1.54) is 0 Å². The van der Waals surface area contributed by atoms with E-state index in [2.05, 4.69) is 0 Å². The minimum absolute atomic E-state index is 0.0275. The van der Waals surface area contributed by atoms with Crippen LogP contribution < -0.4 is 0 Å². The highest BCUT2D eigenvalue weighted by Crippen LogP contribution is 2.31. The summed E-state index contributed by atoms with van der Waals surface area (Å²) >= 11 is 0. The van der Waals surface area contributed by atoms with E-state index in [4.69, 9.17) is 9.47 Å². The van der Waals surface area contributed by atoms with Crippen LogP contribution in [0, 0.1) is 5.92 Å². The van der Waals surface area contributed by atoms with Gasteiger partial charge in [0.15, 0.2) is 6.16 Å². The summed E-state index contributed by atoms with van der Waals surface area (Å²) in [6, 6.07) is 9.83. The molecule has 1 aromatic carbocycles. The van der Waals surface area contributed by atoms with Crippen molar-refractivity contribution < 1.29 is 23.9 Å². The topological polar surface area (TPSA) is 72.8 Å². The Bertz CT molecular complexity index is 479. The normalized spacial score (nSPS) is 15.1. The van der Waals surface area contributed by atoms with Crippen LogP contribution in [0.15, 0.2) is 30.3 Å². The number of aliphatic hydroxyl groups excluding tert-OH is 1. The van der Waals surface area contributed by atoms with Crippen LogP contribution in [0.2, 0.25) is 0 Å². The standard InChI is InChI=1S/C17H25O5P/c1-3-21-16(19)17(13-23-20,22-4-2)15(12-18)11-10-14-8-6-5-7-9-14/h5-9,15,18H,3-4,10-13H2,1-2H3/p+1. The smallest absolute Gasteiger partial charge is 0.343 e. The molecule has 6 heteroatoms. The number of hydrogen-bond donors (Lipinski definition) is 1. The number of carbonyl (C=O) groups excluding carboxylic acids is 1. The van der Waals surface area contributed by atoms with Crippen LogP contribution >= 0.6 is 8.46 Å². The largest absolute Gasteiger partial charge is 0.464 e. The van der Waals surface area contributed by atoms with E-state index in [9.17, 15) is 14.5 Å². The zero-order valence-corrected chi connectivity index (χ0v) is 14.8. The first-order chi connectivity index (χ1) is 11.1. The third kappa shape index (κ3) is 5.38. The third-order valence-corrected chi connectivity index (χ3v) is 4.53. The number of aliphatic hydroxyl groups is 1. The number of aryl methyl sites for hydroxylation is 1. The molecule has 5 nitrogen and oxygen atoms in total. The van der Waals surface area contributed by atoms with E-state index in [-0.39, 0.29) is 26.0 Å². The molecule has 0 heterocycles. The van der Waals surface area contributed by atoms with E-state index in [0.717, 1.165) is 5.56 Å². The molecular formula is C17H26O5P+. The van der Waals surface area contributed by atoms with Crippen LogP contribution in [0.5, 0.6) is 0 Å². The molecule has 0 bridgehead atoms. The average Bonchev–Trinajstić information content (AvgIpc) is 2.56. The first-order valence-corrected chi connectivity index (χ1v) is 9.07. The van der Waals surface area contributed by atoms with E-state index in [0.29, 0.717) is 12.8 Å². The van der Waals surface area contributed by atoms with Crippen LogP contribution in [-0.2, 0) is 25.3 Å². The fourth-order valence-electron chi connectivity index (χ4n) is 2.69. The lowest BCUT2D eigenvalue weighted by atomic mass is 9.84. The van der Waals surface area contributed by atoms with Gasteiger partial charge in [0.1, 0.15) is 0 Å². The minimum atomic E-state index is -1.35. The molecule has 0 saturated heterocycles. The summed E-state index contributed by atoms with van der Waals surface area (Å²) in [5.74, 6) is -1.01. The number of esters is 1. The second-order valence-electron chi connectivity index (χ2n) is 5.27. The van der Waals surface area contributed by atoms with Crippen LogP contribution in [0.1, 0.15) is 25.8 Å². The van der Waals surface area contributed by atoms with Crippen molar-refractivity contribution in [1.29, 1.82) is 0 Å². The Morgan fingerprint density at radius 3 is 2.48 bits per heavy atom. The molecule has 128 valence electrons. The van der Waals surface area contributed by atoms with Crippen molar-refractivity contribution in [2.45, 2.75) is 32.3 Å². The minimum Gasteiger partial charge on any atom is -0.464 e. The maximum absolute atomic E-state index is 12.5. The molecule has 0 fully saturated rings. The lowest BCUT2D eigenvalue weighted by molar-refractivity contribution is -0.179. The number of carbonyl (C=O) groups is 1. The lowest BCUT2D eigenvalue weighted by Crippen LogP contribution is -2.52. The Kier molecular flexibility index (Phi) is 9.00. The monoisotopic (exact) mass is 341 g/mol. The fraction of sp³-hybridized carbons (Fsp3) is 0.588. The Labute approximate surface area is 139 Å². The molecule has 0 amide bonds. The summed E-state index contributed by atoms with van der Waals surface area (Å²) < 4.78 is 22.1. The van der Waals surface area contributed by atoms with Crippen molar-refractivity contribution in [1.82, 2.24) is 0 Å². The Morgan fingerprint density at radius 2 is 1.96 bits per heavy atom. The molecule has 0 aliphatic heterocycles. The fourth-order valence-corrected chi connectivity index (χ4v) is 3.44. The van der Waals surface area contributed by atoms with Crippen LogP contribution in [0.25, 0.3) is 0 Å². The quantitative estimate of drug-likeness (QED) is 0.495. The molecule has 1 aromatic rings. The predicted molar refractivity (Wildman–Crippen MR) is 90.2 cm³/mol. The molecule has 23 heavy (non-hydrogen) atoms. The molecule has 0 aromatic heterocycles. The summed E-state index contributed by atoms with van der Waals surface area (Å²) in [4.78, 5) is 12.5. The summed E-state index contributed by atoms with van der Waals surface area (Å²) in [5, 5.41) is 9.82. The van der Waals surface area contributed by atoms with Gasteiger partial charge in [-0.1, -0.05) is 34.9 Å². The first kappa shape index (κ1) is 19.8. The third-order valence-electron chi connectivity index (χ3n) is 3.86. The zero-order chi connectivity index (χ0) is 17.1. The van der Waals surface area contributed by atoms with Gasteiger partial charge in [0.25, 0.3) is 0 Å². The van der Waals surface area contributed by atoms with Gasteiger partial charge in [-0.15, -0.1) is 0 Å². The second-order valence-corrected chi connectivity index (χ2v) is 5.91. The molecule has 3 atom stereocenters. The van der Waals surface area contributed by atoms with E-state index < -0.39 is 25.9 Å². The predicted octanol–water partition coefficient (Wildman–Crippen LogP) is 2.59. The highest BCUT2D eigenvalue weighted by atomic mass is 31.1. The highest BCUT2D eigenvalue weighted by Gasteiger charge is 2.50. The van der Waals surface area contributed by atoms with Crippen molar-refractivity contribution in [2.75, 3.05) is 26.0 Å². The molecule has 3 unspecified atom stereocenters. The number of ether oxygens (including phenoxy) is 2. The van der Waals surface area contributed by atoms with Crippen molar-refractivity contribution in [3.63, 3.8) is 0 Å². The number of benzene rings is 1. The summed E-state index contributed by atoms with van der Waals surface area (Å²) in [5.41, 5.74) is -0.237. The summed E-state index contributed by atoms with van der Waals surface area (Å²) in [7, 11) is -0.704. The summed E-state index contributed by atoms with van der Waals surface area (Å²) in [6.45, 7) is 3.76. The van der Waals surface area contributed by atoms with E-state index >= 15 is 0 Å². The molecule has 0 aliphatic carbocycles. The molecule has 0 radical (unpaired) electrons. The summed E-state index contributed by atoms with van der Waals surface area (Å²) in [6.07, 6.45) is 1.27. The van der Waals surface area contributed by atoms with Gasteiger partial charge < -0.3 is 14.6 Å². The van der Waals surface area contributed by atoms with Gasteiger partial charge in [-0.05, 0) is 32.3 Å². The number of hydrogen-bond acceptors (Lipinski definition) is 5. The molecule has 0 spiro atoms. The van der Waals surface area contributed by atoms with Gasteiger partial charge in [-0.2, -0.15) is 0 Å². The Balaban J connectivity index is 2.98. The average molecular weight is 341 g/mol. The van der Waals surface area contributed by atoms with Crippen LogP contribution in [0.4, 0.5) is 0 Å². The van der Waals surface area contributed by atoms with Gasteiger partial charge in [0.05, 0.1) is 6.61 Å². The van der Waals surface area contributed by atoms with Crippen LogP contribution in [-0.4, -0.2) is 42.7 Å². The van der Waals surface area contributed by atoms with E-state index in [1.807, 2.05) is 30.3 Å². The zero-order valence-electron chi connectivity index (χ0n) is 13.8. The van der Waals surface area contributed by atoms with Crippen molar-refractivity contribution in [3.8, 4) is 0 Å². The van der Waals surface area contributed by atoms with Gasteiger partial charge in [0.2, 0.25) is 5.60 Å². The van der Waals surface area contributed by atoms with Crippen molar-refractivity contribution in [2.24, 2.45) is 5.92 Å². The SMILES string of the molecule is CCOC(=O)C(C[PH+]=O)(OCC)C(CO)CCc1ccccc1. The molecular weight excluding hydrogens is 315 g/mol. The Morgan fingerprint density at radius 1 is 1.26 bits per heavy atom. The molecule has 0 saturated carbocycles. The maximum atomic E-state index is 12.5. The maximum Gasteiger partial charge on any atom is 0.343 e. The van der Waals surface area contributed by atoms with Crippen molar-refractivity contribution in [3.05, 3.63) is 35.9 Å². The molecule has 1 N–H and O–H groups in total. The lowest BCUT2D eigenvalue weighted by Gasteiger charge is -2.33. The number of rotatable bonds is 11. The van der Waals surface area contributed by atoms with Crippen LogP contribution in [0.3, 0.4) is 0 Å². The van der Waals surface area contributed by atoms with Gasteiger partial charge in [-0.3, -0.25) is 0 Å². The van der Waals surface area contributed by atoms with Gasteiger partial charge in [0, 0.05) is 19.1 Å². The second kappa shape index (κ2) is 10.5. The van der Waals surface area contributed by atoms with Gasteiger partial charge in [-0.25, -0.2) is 4.79 Å². The Hall–Kier alpha value is -1.29. The van der Waals surface area contributed by atoms with E-state index in [1.54, 1.807) is 13.8 Å². The first-order valence-electron chi connectivity index (χ1n) is 7.95. The van der Waals surface area contributed by atoms with Gasteiger partial charge >= 0.3 is 14.4 Å². The molecule has 0 aliphatic rings. The highest BCUT2D eigenvalue weighted by molar-refractivity contribution is 7.23.